The first kappa shape index (κ1) is 27.5. The molecule has 1 fully saturated rings. The lowest BCUT2D eigenvalue weighted by molar-refractivity contribution is -0.153. The Morgan fingerprint density at radius 1 is 1.13 bits per heavy atom. The van der Waals surface area contributed by atoms with Crippen molar-refractivity contribution in [1.29, 1.82) is 0 Å². The summed E-state index contributed by atoms with van der Waals surface area (Å²) < 4.78 is 0. The van der Waals surface area contributed by atoms with Crippen molar-refractivity contribution in [2.45, 2.75) is 51.2 Å². The minimum absolute atomic E-state index is 0.00787. The monoisotopic (exact) mass is 528 g/mol. The van der Waals surface area contributed by atoms with Gasteiger partial charge in [-0.1, -0.05) is 13.8 Å². The summed E-state index contributed by atoms with van der Waals surface area (Å²) in [5, 5.41) is 45.0. The average molecular weight is 529 g/mol. The van der Waals surface area contributed by atoms with Crippen LogP contribution >= 0.6 is 0 Å². The van der Waals surface area contributed by atoms with Gasteiger partial charge in [0.1, 0.15) is 22.8 Å². The molecule has 0 radical (unpaired) electrons. The normalized spacial score (nSPS) is 26.8. The highest BCUT2D eigenvalue weighted by Gasteiger charge is 2.64. The topological polar surface area (TPSA) is 191 Å². The van der Waals surface area contributed by atoms with E-state index in [9.17, 15) is 34.8 Å². The number of nitrogen functional groups attached to an aromatic ring is 1. The Morgan fingerprint density at radius 2 is 1.74 bits per heavy atom. The van der Waals surface area contributed by atoms with E-state index in [1.165, 1.54) is 4.90 Å². The van der Waals surface area contributed by atoms with Gasteiger partial charge in [0, 0.05) is 30.3 Å². The summed E-state index contributed by atoms with van der Waals surface area (Å²) in [6.45, 7) is 5.49. The van der Waals surface area contributed by atoms with E-state index in [-0.39, 0.29) is 35.4 Å². The first-order valence-corrected chi connectivity index (χ1v) is 12.9. The zero-order chi connectivity index (χ0) is 28.3. The van der Waals surface area contributed by atoms with Gasteiger partial charge in [0.05, 0.1) is 17.3 Å². The lowest BCUT2D eigenvalue weighted by Crippen LogP contribution is -2.65. The zero-order valence-corrected chi connectivity index (χ0v) is 22.1. The Kier molecular flexibility index (Phi) is 6.96. The number of amides is 1. The Morgan fingerprint density at radius 3 is 2.26 bits per heavy atom. The largest absolute Gasteiger partial charge is 0.508 e. The summed E-state index contributed by atoms with van der Waals surface area (Å²) in [4.78, 5) is 42.9. The molecule has 0 aliphatic heterocycles. The number of anilines is 2. The van der Waals surface area contributed by atoms with Crippen LogP contribution in [-0.4, -0.2) is 81.6 Å². The number of rotatable bonds is 7. The second kappa shape index (κ2) is 9.63. The number of Topliss-reactive ketones (excluding diaryl/α,β-unsaturated/α-hetero) is 2. The van der Waals surface area contributed by atoms with Gasteiger partial charge in [-0.3, -0.25) is 19.3 Å². The third kappa shape index (κ3) is 3.75. The number of benzene rings is 1. The molecule has 4 rings (SSSR count). The molecule has 0 saturated heterocycles. The number of primary amides is 1. The fourth-order valence-electron chi connectivity index (χ4n) is 6.49. The number of nitrogens with zero attached hydrogens (tertiary/aromatic N) is 2. The molecule has 0 aromatic heterocycles. The second-order valence-electron chi connectivity index (χ2n) is 10.6. The fraction of sp³-hybridized carbons (Fsp3) is 0.519. The first-order valence-electron chi connectivity index (χ1n) is 12.9. The Balaban J connectivity index is 1.98. The molecule has 1 aromatic rings. The van der Waals surface area contributed by atoms with Crippen LogP contribution in [0.4, 0.5) is 11.4 Å². The Labute approximate surface area is 221 Å². The van der Waals surface area contributed by atoms with Crippen LogP contribution in [0.25, 0.3) is 5.76 Å². The predicted molar refractivity (Wildman–Crippen MR) is 141 cm³/mol. The third-order valence-corrected chi connectivity index (χ3v) is 8.05. The van der Waals surface area contributed by atoms with Crippen LogP contribution in [0, 0.1) is 11.8 Å². The van der Waals surface area contributed by atoms with Gasteiger partial charge in [-0.15, -0.1) is 0 Å². The number of phenols is 1. The van der Waals surface area contributed by atoms with E-state index in [4.69, 9.17) is 11.5 Å². The van der Waals surface area contributed by atoms with Gasteiger partial charge in [0.2, 0.25) is 5.78 Å². The molecule has 1 saturated carbocycles. The van der Waals surface area contributed by atoms with Gasteiger partial charge in [0.25, 0.3) is 5.91 Å². The number of hydrogen-bond donors (Lipinski definition) is 6. The Bertz CT molecular complexity index is 1280. The molecule has 38 heavy (non-hydrogen) atoms. The van der Waals surface area contributed by atoms with Crippen LogP contribution in [0.2, 0.25) is 0 Å². The number of ketones is 2. The van der Waals surface area contributed by atoms with Crippen LogP contribution in [0.5, 0.6) is 5.75 Å². The van der Waals surface area contributed by atoms with Gasteiger partial charge in [0.15, 0.2) is 11.4 Å². The van der Waals surface area contributed by atoms with E-state index < -0.39 is 58.0 Å². The number of nitrogens with two attached hydrogens (primary N) is 2. The third-order valence-electron chi connectivity index (χ3n) is 8.05. The number of carbonyl (C=O) groups excluding carboxylic acids is 3. The number of fused-ring (bicyclic) bond motifs is 3. The Hall–Kier alpha value is -3.57. The molecule has 1 amide bonds. The molecule has 0 spiro atoms. The maximum absolute atomic E-state index is 13.9. The molecule has 4 atom stereocenters. The van der Waals surface area contributed by atoms with E-state index in [0.29, 0.717) is 18.7 Å². The quantitative estimate of drug-likeness (QED) is 0.170. The maximum Gasteiger partial charge on any atom is 0.255 e. The van der Waals surface area contributed by atoms with E-state index in [2.05, 4.69) is 4.90 Å². The molecule has 0 heterocycles. The molecule has 0 bridgehead atoms. The van der Waals surface area contributed by atoms with Crippen molar-refractivity contribution in [3.8, 4) is 5.75 Å². The second-order valence-corrected chi connectivity index (χ2v) is 10.6. The maximum atomic E-state index is 13.9. The number of carbonyl (C=O) groups is 3. The van der Waals surface area contributed by atoms with Crippen LogP contribution in [0.1, 0.15) is 44.2 Å². The minimum atomic E-state index is -2.67. The highest BCUT2D eigenvalue weighted by Crippen LogP contribution is 2.54. The summed E-state index contributed by atoms with van der Waals surface area (Å²) in [6.07, 6.45) is 1.96. The van der Waals surface area contributed by atoms with Crippen molar-refractivity contribution in [3.05, 3.63) is 34.1 Å². The van der Waals surface area contributed by atoms with E-state index in [1.807, 2.05) is 13.8 Å². The number of likely N-dealkylation sites (N-methyl/N-ethyl adjacent to an activating group) is 1. The molecule has 2 unspecified atom stereocenters. The van der Waals surface area contributed by atoms with Crippen molar-refractivity contribution in [3.63, 3.8) is 0 Å². The molecular formula is C27H36N4O7. The lowest BCUT2D eigenvalue weighted by Gasteiger charge is -2.50. The molecule has 8 N–H and O–H groups in total. The van der Waals surface area contributed by atoms with Gasteiger partial charge >= 0.3 is 0 Å². The predicted octanol–water partition coefficient (Wildman–Crippen LogP) is 1.17. The van der Waals surface area contributed by atoms with Gasteiger partial charge in [-0.05, 0) is 57.3 Å². The number of aliphatic hydroxyl groups is 3. The minimum Gasteiger partial charge on any atom is -0.508 e. The summed E-state index contributed by atoms with van der Waals surface area (Å²) in [6, 6.07) is 0.544. The van der Waals surface area contributed by atoms with Crippen molar-refractivity contribution in [1.82, 2.24) is 4.90 Å². The van der Waals surface area contributed by atoms with E-state index in [1.54, 1.807) is 20.2 Å². The van der Waals surface area contributed by atoms with Gasteiger partial charge in [-0.25, -0.2) is 0 Å². The van der Waals surface area contributed by atoms with Crippen molar-refractivity contribution < 1.29 is 34.8 Å². The summed E-state index contributed by atoms with van der Waals surface area (Å²) in [5.74, 6) is -6.87. The highest BCUT2D eigenvalue weighted by molar-refractivity contribution is 6.24. The molecule has 11 heteroatoms. The fourth-order valence-corrected chi connectivity index (χ4v) is 6.49. The average Bonchev–Trinajstić information content (AvgIpc) is 2.83. The number of hydrogen-bond acceptors (Lipinski definition) is 10. The zero-order valence-electron chi connectivity index (χ0n) is 22.1. The van der Waals surface area contributed by atoms with Crippen LogP contribution in [0.3, 0.4) is 0 Å². The van der Waals surface area contributed by atoms with Gasteiger partial charge in [-0.2, -0.15) is 0 Å². The highest BCUT2D eigenvalue weighted by atomic mass is 16.3. The van der Waals surface area contributed by atoms with Crippen molar-refractivity contribution >= 4 is 34.6 Å². The van der Waals surface area contributed by atoms with Crippen molar-refractivity contribution in [2.75, 3.05) is 37.8 Å². The van der Waals surface area contributed by atoms with Crippen LogP contribution in [-0.2, 0) is 20.8 Å². The van der Waals surface area contributed by atoms with Crippen LogP contribution in [0.15, 0.2) is 23.0 Å². The van der Waals surface area contributed by atoms with E-state index in [0.717, 1.165) is 18.5 Å². The number of aromatic hydroxyl groups is 1. The first-order chi connectivity index (χ1) is 17.8. The number of phenolic OH excluding ortho intramolecular Hbond substituents is 1. The van der Waals surface area contributed by atoms with E-state index >= 15 is 0 Å². The van der Waals surface area contributed by atoms with Crippen molar-refractivity contribution in [2.24, 2.45) is 17.6 Å². The summed E-state index contributed by atoms with van der Waals surface area (Å²) in [7, 11) is 3.14. The number of aliphatic hydroxyl groups excluding tert-OH is 2. The van der Waals surface area contributed by atoms with Gasteiger partial charge < -0.3 is 36.8 Å². The van der Waals surface area contributed by atoms with Crippen LogP contribution < -0.4 is 16.4 Å². The molecule has 206 valence electrons. The molecule has 11 nitrogen and oxygen atoms in total. The summed E-state index contributed by atoms with van der Waals surface area (Å²) in [5.41, 5.74) is 9.17. The molecule has 3 aliphatic rings. The molecule has 1 aromatic carbocycles. The molecule has 3 aliphatic carbocycles. The smallest absolute Gasteiger partial charge is 0.255 e. The standard InChI is InChI=1S/C27H36N4O7/c1-5-7-31(8-6-2)16-11-15(28)21(32)18-13(16)9-12-10-14-20(30(3)4)23(34)19(26(29)37)25(36)27(14,38)24(35)17(12)22(18)33/h11-12,14,20,32-33,36,38H,5-10,28H2,1-4H3,(H2,29,37)/t12?,14?,20-,27-/m0/s1. The SMILES string of the molecule is CCCN(CCC)c1cc(N)c(O)c2c1CC1CC3[C@H](N(C)C)C(=O)C(C(N)=O)=C(O)[C@@]3(O)C(=O)C1=C2O. The summed E-state index contributed by atoms with van der Waals surface area (Å²) >= 11 is 0. The lowest BCUT2D eigenvalue weighted by atomic mass is 9.57. The molecular weight excluding hydrogens is 492 g/mol.